The van der Waals surface area contributed by atoms with Crippen LogP contribution in [0.5, 0.6) is 0 Å². The number of carbonyl (C=O) groups excluding carboxylic acids is 1. The Morgan fingerprint density at radius 2 is 2.09 bits per heavy atom. The summed E-state index contributed by atoms with van der Waals surface area (Å²) in [6, 6.07) is 9.73. The average Bonchev–Trinajstić information content (AvgIpc) is 2.98. The molecule has 0 radical (unpaired) electrons. The molecule has 2 heterocycles. The number of benzene rings is 1. The summed E-state index contributed by atoms with van der Waals surface area (Å²) in [5, 5.41) is 15.3. The van der Waals surface area contributed by atoms with Gasteiger partial charge < -0.3 is 10.1 Å². The van der Waals surface area contributed by atoms with Gasteiger partial charge in [0, 0.05) is 6.54 Å². The number of nitrogens with one attached hydrogen (secondary N) is 1. The predicted octanol–water partition coefficient (Wildman–Crippen LogP) is 1.91. The number of nitrogens with zero attached hydrogens (tertiary/aromatic N) is 4. The lowest BCUT2D eigenvalue weighted by molar-refractivity contribution is -0.140. The molecule has 0 saturated heterocycles. The summed E-state index contributed by atoms with van der Waals surface area (Å²) in [6.45, 7) is 0.377. The van der Waals surface area contributed by atoms with Crippen molar-refractivity contribution < 1.29 is 13.9 Å². The molecule has 0 saturated carbocycles. The third-order valence-corrected chi connectivity index (χ3v) is 3.24. The summed E-state index contributed by atoms with van der Waals surface area (Å²) in [7, 11) is 1.34. The molecule has 0 aliphatic rings. The second-order valence-corrected chi connectivity index (χ2v) is 4.74. The van der Waals surface area contributed by atoms with Gasteiger partial charge in [0.25, 0.3) is 0 Å². The molecule has 118 valence electrons. The van der Waals surface area contributed by atoms with Crippen molar-refractivity contribution in [1.82, 2.24) is 19.8 Å². The summed E-state index contributed by atoms with van der Waals surface area (Å²) >= 11 is 0. The maximum Gasteiger partial charge on any atom is 0.307 e. The minimum absolute atomic E-state index is 0.221. The van der Waals surface area contributed by atoms with Crippen LogP contribution < -0.4 is 5.32 Å². The van der Waals surface area contributed by atoms with Crippen LogP contribution in [0.1, 0.15) is 6.42 Å². The lowest BCUT2D eigenvalue weighted by Crippen LogP contribution is -2.11. The average molecular weight is 315 g/mol. The fraction of sp³-hybridized carbons (Fsp3) is 0.200. The van der Waals surface area contributed by atoms with Gasteiger partial charge in [-0.2, -0.15) is 4.52 Å². The maximum atomic E-state index is 13.9. The summed E-state index contributed by atoms with van der Waals surface area (Å²) < 4.78 is 20.0. The molecule has 1 aromatic carbocycles. The van der Waals surface area contributed by atoms with Gasteiger partial charge in [-0.1, -0.05) is 12.1 Å². The van der Waals surface area contributed by atoms with E-state index < -0.39 is 5.82 Å². The zero-order chi connectivity index (χ0) is 16.2. The summed E-state index contributed by atoms with van der Waals surface area (Å²) in [5.41, 5.74) is 0.820. The fourth-order valence-corrected chi connectivity index (χ4v) is 2.09. The predicted molar refractivity (Wildman–Crippen MR) is 81.3 cm³/mol. The van der Waals surface area contributed by atoms with Crippen molar-refractivity contribution in [2.45, 2.75) is 6.42 Å². The van der Waals surface area contributed by atoms with E-state index in [0.717, 1.165) is 0 Å². The Morgan fingerprint density at radius 3 is 2.87 bits per heavy atom. The minimum atomic E-state index is -0.396. The van der Waals surface area contributed by atoms with Crippen LogP contribution in [0.15, 0.2) is 36.4 Å². The molecule has 0 spiro atoms. The zero-order valence-electron chi connectivity index (χ0n) is 12.4. The number of hydrogen-bond donors (Lipinski definition) is 1. The smallest absolute Gasteiger partial charge is 0.307 e. The highest BCUT2D eigenvalue weighted by Gasteiger charge is 2.13. The molecular weight excluding hydrogens is 301 g/mol. The molecule has 0 fully saturated rings. The van der Waals surface area contributed by atoms with Gasteiger partial charge in [-0.05, 0) is 24.3 Å². The van der Waals surface area contributed by atoms with Gasteiger partial charge in [0.2, 0.25) is 0 Å². The first kappa shape index (κ1) is 14.9. The molecule has 3 rings (SSSR count). The molecule has 0 atom stereocenters. The molecule has 1 N–H and O–H groups in total. The Morgan fingerprint density at radius 1 is 1.26 bits per heavy atom. The van der Waals surface area contributed by atoms with E-state index in [4.69, 9.17) is 0 Å². The summed E-state index contributed by atoms with van der Waals surface area (Å²) in [6.07, 6.45) is 0.221. The van der Waals surface area contributed by atoms with Crippen LogP contribution in [0, 0.1) is 5.82 Å². The van der Waals surface area contributed by atoms with E-state index in [0.29, 0.717) is 29.4 Å². The molecule has 0 aliphatic carbocycles. The van der Waals surface area contributed by atoms with E-state index in [2.05, 4.69) is 25.3 Å². The topological polar surface area (TPSA) is 81.4 Å². The van der Waals surface area contributed by atoms with Crippen molar-refractivity contribution in [1.29, 1.82) is 0 Å². The molecule has 2 aromatic heterocycles. The van der Waals surface area contributed by atoms with E-state index in [-0.39, 0.29) is 12.4 Å². The zero-order valence-corrected chi connectivity index (χ0v) is 12.4. The van der Waals surface area contributed by atoms with Crippen molar-refractivity contribution in [2.24, 2.45) is 0 Å². The first-order chi connectivity index (χ1) is 11.2. The van der Waals surface area contributed by atoms with Crippen molar-refractivity contribution in [3.63, 3.8) is 0 Å². The van der Waals surface area contributed by atoms with Crippen LogP contribution in [-0.2, 0) is 9.53 Å². The van der Waals surface area contributed by atoms with Gasteiger partial charge >= 0.3 is 5.97 Å². The molecule has 0 aliphatic heterocycles. The van der Waals surface area contributed by atoms with Crippen LogP contribution in [0.25, 0.3) is 17.0 Å². The number of carbonyl (C=O) groups is 1. The number of esters is 1. The van der Waals surface area contributed by atoms with Crippen LogP contribution in [0.4, 0.5) is 10.2 Å². The van der Waals surface area contributed by atoms with E-state index in [1.165, 1.54) is 17.7 Å². The first-order valence-corrected chi connectivity index (χ1v) is 6.97. The molecule has 0 amide bonds. The van der Waals surface area contributed by atoms with E-state index in [9.17, 15) is 9.18 Å². The summed E-state index contributed by atoms with van der Waals surface area (Å²) in [4.78, 5) is 11.1. The minimum Gasteiger partial charge on any atom is -0.469 e. The quantitative estimate of drug-likeness (QED) is 0.724. The maximum absolute atomic E-state index is 13.9. The highest BCUT2D eigenvalue weighted by atomic mass is 19.1. The third-order valence-electron chi connectivity index (χ3n) is 3.24. The Bertz CT molecular complexity index is 849. The van der Waals surface area contributed by atoms with Gasteiger partial charge in [-0.15, -0.1) is 15.3 Å². The molecule has 0 bridgehead atoms. The first-order valence-electron chi connectivity index (χ1n) is 6.97. The largest absolute Gasteiger partial charge is 0.469 e. The van der Waals surface area contributed by atoms with Crippen LogP contribution >= 0.6 is 0 Å². The highest BCUT2D eigenvalue weighted by Crippen LogP contribution is 2.21. The number of methoxy groups -OCH3 is 1. The van der Waals surface area contributed by atoms with Gasteiger partial charge in [0.05, 0.1) is 19.1 Å². The van der Waals surface area contributed by atoms with Crippen LogP contribution in [0.2, 0.25) is 0 Å². The fourth-order valence-electron chi connectivity index (χ4n) is 2.09. The van der Waals surface area contributed by atoms with Crippen LogP contribution in [-0.4, -0.2) is 39.4 Å². The number of anilines is 1. The number of ether oxygens (including phenoxy) is 1. The third kappa shape index (κ3) is 3.10. The van der Waals surface area contributed by atoms with Gasteiger partial charge in [-0.25, -0.2) is 4.39 Å². The molecule has 3 aromatic rings. The Labute approximate surface area is 131 Å². The summed E-state index contributed by atoms with van der Waals surface area (Å²) in [5.74, 6) is 0.135. The second kappa shape index (κ2) is 6.39. The standard InChI is InChI=1S/C15H14FN5O2/c1-23-14(22)8-9-17-12-6-7-13-18-19-15(21(13)20-12)10-4-2-3-5-11(10)16/h2-7H,8-9H2,1H3,(H,17,20). The number of rotatable bonds is 5. The van der Waals surface area contributed by atoms with Crippen LogP contribution in [0.3, 0.4) is 0 Å². The van der Waals surface area contributed by atoms with Crippen molar-refractivity contribution in [2.75, 3.05) is 19.0 Å². The van der Waals surface area contributed by atoms with E-state index in [1.807, 2.05) is 0 Å². The molecule has 23 heavy (non-hydrogen) atoms. The Balaban J connectivity index is 1.88. The Kier molecular flexibility index (Phi) is 4.13. The lowest BCUT2D eigenvalue weighted by atomic mass is 10.2. The highest BCUT2D eigenvalue weighted by molar-refractivity contribution is 5.69. The van der Waals surface area contributed by atoms with Crippen molar-refractivity contribution in [3.05, 3.63) is 42.2 Å². The van der Waals surface area contributed by atoms with Crippen molar-refractivity contribution in [3.8, 4) is 11.4 Å². The number of hydrogen-bond acceptors (Lipinski definition) is 6. The molecular formula is C15H14FN5O2. The molecule has 8 heteroatoms. The monoisotopic (exact) mass is 315 g/mol. The number of halogens is 1. The van der Waals surface area contributed by atoms with Gasteiger partial charge in [0.1, 0.15) is 11.6 Å². The normalized spacial score (nSPS) is 10.7. The molecule has 0 unspecified atom stereocenters. The van der Waals surface area contributed by atoms with E-state index in [1.54, 1.807) is 30.3 Å². The lowest BCUT2D eigenvalue weighted by Gasteiger charge is -2.06. The SMILES string of the molecule is COC(=O)CCNc1ccc2nnc(-c3ccccc3F)n2n1. The van der Waals surface area contributed by atoms with Gasteiger partial charge in [0.15, 0.2) is 11.5 Å². The number of aromatic nitrogens is 4. The molecule has 7 nitrogen and oxygen atoms in total. The second-order valence-electron chi connectivity index (χ2n) is 4.74. The van der Waals surface area contributed by atoms with Crippen molar-refractivity contribution >= 4 is 17.4 Å². The Hall–Kier alpha value is -3.03. The number of fused-ring (bicyclic) bond motifs is 1. The van der Waals surface area contributed by atoms with E-state index >= 15 is 0 Å². The van der Waals surface area contributed by atoms with Gasteiger partial charge in [-0.3, -0.25) is 4.79 Å².